The fourth-order valence-electron chi connectivity index (χ4n) is 2.47. The lowest BCUT2D eigenvalue weighted by Gasteiger charge is -2.04. The Labute approximate surface area is 125 Å². The summed E-state index contributed by atoms with van der Waals surface area (Å²) in [6, 6.07) is 0. The summed E-state index contributed by atoms with van der Waals surface area (Å²) in [5.74, 6) is 0.00806. The lowest BCUT2D eigenvalue weighted by molar-refractivity contribution is -0.116. The van der Waals surface area contributed by atoms with Gasteiger partial charge in [-0.05, 0) is 39.7 Å². The number of hydrogen-bond acceptors (Lipinski definition) is 3. The highest BCUT2D eigenvalue weighted by Gasteiger charge is 2.12. The van der Waals surface area contributed by atoms with Crippen molar-refractivity contribution in [2.75, 3.05) is 5.32 Å². The summed E-state index contributed by atoms with van der Waals surface area (Å²) in [6.07, 6.45) is 4.68. The number of carbonyl (C=O) groups is 1. The Balaban J connectivity index is 1.93. The number of nitrogens with one attached hydrogen (secondary N) is 1. The van der Waals surface area contributed by atoms with Gasteiger partial charge < -0.3 is 5.32 Å². The van der Waals surface area contributed by atoms with Crippen LogP contribution in [-0.4, -0.2) is 25.5 Å². The van der Waals surface area contributed by atoms with Crippen LogP contribution in [0, 0.1) is 13.8 Å². The van der Waals surface area contributed by atoms with Crippen molar-refractivity contribution in [3.05, 3.63) is 29.3 Å². The molecule has 2 aromatic heterocycles. The summed E-state index contributed by atoms with van der Waals surface area (Å²) in [4.78, 5) is 12.0. The van der Waals surface area contributed by atoms with Crippen molar-refractivity contribution in [1.82, 2.24) is 19.6 Å². The van der Waals surface area contributed by atoms with E-state index in [4.69, 9.17) is 0 Å². The highest BCUT2D eigenvalue weighted by molar-refractivity contribution is 5.90. The fourth-order valence-corrected chi connectivity index (χ4v) is 2.47. The molecule has 2 aromatic rings. The predicted octanol–water partition coefficient (Wildman–Crippen LogP) is 2.31. The molecule has 0 aromatic carbocycles. The number of aryl methyl sites for hydroxylation is 3. The molecule has 0 atom stereocenters. The Bertz CT molecular complexity index is 626. The molecule has 0 radical (unpaired) electrons. The van der Waals surface area contributed by atoms with Gasteiger partial charge in [0.2, 0.25) is 5.91 Å². The second-order valence-corrected chi connectivity index (χ2v) is 5.10. The topological polar surface area (TPSA) is 64.7 Å². The molecular weight excluding hydrogens is 266 g/mol. The first-order valence-electron chi connectivity index (χ1n) is 7.40. The molecule has 2 heterocycles. The third-order valence-corrected chi connectivity index (χ3v) is 3.67. The standard InChI is InChI=1S/C15H23N5O/c1-5-19-10-13(9-16-19)17-15(21)8-7-14-11(3)18-20(6-2)12(14)4/h9-10H,5-8H2,1-4H3,(H,17,21). The van der Waals surface area contributed by atoms with E-state index in [1.54, 1.807) is 10.9 Å². The lowest BCUT2D eigenvalue weighted by atomic mass is 10.1. The third-order valence-electron chi connectivity index (χ3n) is 3.67. The number of aromatic nitrogens is 4. The second-order valence-electron chi connectivity index (χ2n) is 5.10. The molecule has 114 valence electrons. The number of anilines is 1. The van der Waals surface area contributed by atoms with E-state index in [-0.39, 0.29) is 5.91 Å². The van der Waals surface area contributed by atoms with E-state index in [1.807, 2.05) is 24.7 Å². The van der Waals surface area contributed by atoms with E-state index >= 15 is 0 Å². The SMILES string of the molecule is CCn1cc(NC(=O)CCc2c(C)nn(CC)c2C)cn1. The first kappa shape index (κ1) is 15.3. The lowest BCUT2D eigenvalue weighted by Crippen LogP contribution is -2.12. The maximum atomic E-state index is 12.0. The normalized spacial score (nSPS) is 10.9. The Morgan fingerprint density at radius 2 is 2.05 bits per heavy atom. The van der Waals surface area contributed by atoms with Crippen LogP contribution in [0.3, 0.4) is 0 Å². The summed E-state index contributed by atoms with van der Waals surface area (Å²) < 4.78 is 3.77. The molecule has 1 N–H and O–H groups in total. The van der Waals surface area contributed by atoms with Gasteiger partial charge in [-0.3, -0.25) is 14.2 Å². The Morgan fingerprint density at radius 3 is 2.62 bits per heavy atom. The molecule has 2 rings (SSSR count). The monoisotopic (exact) mass is 289 g/mol. The fraction of sp³-hybridized carbons (Fsp3) is 0.533. The molecule has 0 saturated heterocycles. The van der Waals surface area contributed by atoms with Crippen molar-refractivity contribution < 1.29 is 4.79 Å². The van der Waals surface area contributed by atoms with E-state index in [0.717, 1.165) is 30.2 Å². The molecule has 21 heavy (non-hydrogen) atoms. The molecule has 0 saturated carbocycles. The molecule has 6 nitrogen and oxygen atoms in total. The summed E-state index contributed by atoms with van der Waals surface area (Å²) in [5, 5.41) is 11.5. The minimum Gasteiger partial charge on any atom is -0.323 e. The van der Waals surface area contributed by atoms with Gasteiger partial charge in [0.15, 0.2) is 0 Å². The van der Waals surface area contributed by atoms with Crippen LogP contribution in [0.25, 0.3) is 0 Å². The van der Waals surface area contributed by atoms with E-state index in [9.17, 15) is 4.79 Å². The molecule has 0 aliphatic heterocycles. The number of hydrogen-bond donors (Lipinski definition) is 1. The van der Waals surface area contributed by atoms with Crippen LogP contribution in [0.15, 0.2) is 12.4 Å². The Hall–Kier alpha value is -2.11. The molecule has 6 heteroatoms. The number of nitrogens with zero attached hydrogens (tertiary/aromatic N) is 4. The Morgan fingerprint density at radius 1 is 1.29 bits per heavy atom. The average Bonchev–Trinajstić information content (AvgIpc) is 3.02. The van der Waals surface area contributed by atoms with Crippen molar-refractivity contribution in [3.63, 3.8) is 0 Å². The Kier molecular flexibility index (Phi) is 4.77. The van der Waals surface area contributed by atoms with E-state index < -0.39 is 0 Å². The van der Waals surface area contributed by atoms with Gasteiger partial charge in [-0.15, -0.1) is 0 Å². The van der Waals surface area contributed by atoms with Gasteiger partial charge in [0.1, 0.15) is 0 Å². The smallest absolute Gasteiger partial charge is 0.224 e. The van der Waals surface area contributed by atoms with E-state index in [2.05, 4.69) is 29.4 Å². The van der Waals surface area contributed by atoms with Gasteiger partial charge in [-0.1, -0.05) is 0 Å². The van der Waals surface area contributed by atoms with Crippen molar-refractivity contribution in [2.24, 2.45) is 0 Å². The number of carbonyl (C=O) groups excluding carboxylic acids is 1. The maximum absolute atomic E-state index is 12.0. The van der Waals surface area contributed by atoms with Crippen LogP contribution in [0.2, 0.25) is 0 Å². The molecule has 0 aliphatic carbocycles. The predicted molar refractivity (Wildman–Crippen MR) is 82.2 cm³/mol. The van der Waals surface area contributed by atoms with Crippen LogP contribution in [0.4, 0.5) is 5.69 Å². The molecule has 1 amide bonds. The van der Waals surface area contributed by atoms with Crippen LogP contribution < -0.4 is 5.32 Å². The van der Waals surface area contributed by atoms with Gasteiger partial charge in [0.25, 0.3) is 0 Å². The third kappa shape index (κ3) is 3.51. The van der Waals surface area contributed by atoms with Gasteiger partial charge in [-0.2, -0.15) is 10.2 Å². The second kappa shape index (κ2) is 6.56. The van der Waals surface area contributed by atoms with Gasteiger partial charge in [-0.25, -0.2) is 0 Å². The van der Waals surface area contributed by atoms with Crippen LogP contribution in [0.5, 0.6) is 0 Å². The molecule has 0 aliphatic rings. The molecule has 0 unspecified atom stereocenters. The zero-order valence-electron chi connectivity index (χ0n) is 13.2. The summed E-state index contributed by atoms with van der Waals surface area (Å²) in [6.45, 7) is 9.79. The van der Waals surface area contributed by atoms with Gasteiger partial charge in [0.05, 0.1) is 17.6 Å². The van der Waals surface area contributed by atoms with Crippen molar-refractivity contribution in [1.29, 1.82) is 0 Å². The van der Waals surface area contributed by atoms with Crippen LogP contribution in [-0.2, 0) is 24.3 Å². The van der Waals surface area contributed by atoms with Crippen molar-refractivity contribution >= 4 is 11.6 Å². The average molecular weight is 289 g/mol. The van der Waals surface area contributed by atoms with E-state index in [0.29, 0.717) is 12.8 Å². The van der Waals surface area contributed by atoms with Crippen LogP contribution >= 0.6 is 0 Å². The zero-order chi connectivity index (χ0) is 15.4. The van der Waals surface area contributed by atoms with Crippen molar-refractivity contribution in [2.45, 2.75) is 53.6 Å². The highest BCUT2D eigenvalue weighted by Crippen LogP contribution is 2.15. The van der Waals surface area contributed by atoms with E-state index in [1.165, 1.54) is 5.56 Å². The minimum absolute atomic E-state index is 0.00806. The summed E-state index contributed by atoms with van der Waals surface area (Å²) in [7, 11) is 0. The van der Waals surface area contributed by atoms with Gasteiger partial charge >= 0.3 is 0 Å². The molecular formula is C15H23N5O. The minimum atomic E-state index is 0.00806. The molecule has 0 spiro atoms. The van der Waals surface area contributed by atoms with Crippen LogP contribution in [0.1, 0.15) is 37.2 Å². The quantitative estimate of drug-likeness (QED) is 0.887. The maximum Gasteiger partial charge on any atom is 0.224 e. The first-order chi connectivity index (χ1) is 10.0. The number of amides is 1. The first-order valence-corrected chi connectivity index (χ1v) is 7.40. The largest absolute Gasteiger partial charge is 0.323 e. The number of rotatable bonds is 6. The molecule has 0 bridgehead atoms. The summed E-state index contributed by atoms with van der Waals surface area (Å²) >= 11 is 0. The highest BCUT2D eigenvalue weighted by atomic mass is 16.1. The van der Waals surface area contributed by atoms with Gasteiger partial charge in [0, 0.05) is 31.4 Å². The van der Waals surface area contributed by atoms with Crippen molar-refractivity contribution in [3.8, 4) is 0 Å². The summed E-state index contributed by atoms with van der Waals surface area (Å²) in [5.41, 5.74) is 4.10. The molecule has 0 fully saturated rings. The zero-order valence-corrected chi connectivity index (χ0v) is 13.2.